The van der Waals surface area contributed by atoms with E-state index in [9.17, 15) is 9.59 Å². The molecule has 0 radical (unpaired) electrons. The van der Waals surface area contributed by atoms with Gasteiger partial charge in [0.15, 0.2) is 0 Å². The molecule has 0 heterocycles. The molecule has 0 fully saturated rings. The van der Waals surface area contributed by atoms with E-state index in [0.717, 1.165) is 6.42 Å². The van der Waals surface area contributed by atoms with Gasteiger partial charge in [-0.05, 0) is 31.5 Å². The molecule has 2 N–H and O–H groups in total. The third-order valence-electron chi connectivity index (χ3n) is 2.41. The fourth-order valence-electron chi connectivity index (χ4n) is 1.43. The highest BCUT2D eigenvalue weighted by atomic mass is 35.5. The van der Waals surface area contributed by atoms with Crippen LogP contribution in [0.1, 0.15) is 30.6 Å². The Kier molecular flexibility index (Phi) is 6.12. The van der Waals surface area contributed by atoms with Crippen molar-refractivity contribution in [1.82, 2.24) is 10.6 Å². The van der Waals surface area contributed by atoms with Crippen LogP contribution < -0.4 is 10.6 Å². The molecule has 0 aliphatic rings. The normalized spacial score (nSPS) is 11.8. The molecular weight excluding hydrogens is 287 g/mol. The van der Waals surface area contributed by atoms with Gasteiger partial charge in [-0.1, -0.05) is 30.1 Å². The summed E-state index contributed by atoms with van der Waals surface area (Å²) >= 11 is 11.6. The van der Waals surface area contributed by atoms with Crippen LogP contribution in [-0.2, 0) is 4.79 Å². The molecule has 1 atom stereocenters. The minimum atomic E-state index is -0.614. The molecule has 4 nitrogen and oxygen atoms in total. The molecule has 19 heavy (non-hydrogen) atoms. The number of carbonyl (C=O) groups is 2. The first-order valence-electron chi connectivity index (χ1n) is 5.98. The Hall–Kier alpha value is -1.26. The fourth-order valence-corrected chi connectivity index (χ4v) is 1.96. The number of rotatable bonds is 5. The molecule has 2 amide bonds. The summed E-state index contributed by atoms with van der Waals surface area (Å²) in [6.45, 7) is 4.16. The molecule has 0 spiro atoms. The Balaban J connectivity index is 2.66. The minimum absolute atomic E-state index is 0.219. The second-order valence-electron chi connectivity index (χ2n) is 4.14. The van der Waals surface area contributed by atoms with Crippen LogP contribution in [0.2, 0.25) is 10.0 Å². The van der Waals surface area contributed by atoms with Crippen LogP contribution in [0.15, 0.2) is 18.2 Å². The highest BCUT2D eigenvalue weighted by Gasteiger charge is 2.16. The monoisotopic (exact) mass is 302 g/mol. The van der Waals surface area contributed by atoms with Gasteiger partial charge in [0.2, 0.25) is 5.91 Å². The highest BCUT2D eigenvalue weighted by molar-refractivity contribution is 6.35. The van der Waals surface area contributed by atoms with E-state index < -0.39 is 6.04 Å². The molecule has 0 aromatic heterocycles. The first kappa shape index (κ1) is 15.8. The SMILES string of the molecule is CCCNC(=O)C(C)NC(=O)c1cc(Cl)cc(Cl)c1. The van der Waals surface area contributed by atoms with Gasteiger partial charge in [0.1, 0.15) is 6.04 Å². The van der Waals surface area contributed by atoms with E-state index in [0.29, 0.717) is 22.2 Å². The molecule has 0 saturated heterocycles. The number of nitrogens with one attached hydrogen (secondary N) is 2. The van der Waals surface area contributed by atoms with E-state index in [-0.39, 0.29) is 11.8 Å². The molecule has 6 heteroatoms. The lowest BCUT2D eigenvalue weighted by Gasteiger charge is -2.14. The Labute approximate surface area is 122 Å². The maximum Gasteiger partial charge on any atom is 0.252 e. The van der Waals surface area contributed by atoms with Crippen molar-refractivity contribution in [2.75, 3.05) is 6.54 Å². The van der Waals surface area contributed by atoms with Crippen molar-refractivity contribution < 1.29 is 9.59 Å². The minimum Gasteiger partial charge on any atom is -0.354 e. The molecule has 0 aliphatic heterocycles. The summed E-state index contributed by atoms with van der Waals surface area (Å²) in [5.74, 6) is -0.605. The van der Waals surface area contributed by atoms with Gasteiger partial charge in [0.25, 0.3) is 5.91 Å². The standard InChI is InChI=1S/C13H16Cl2N2O2/c1-3-4-16-12(18)8(2)17-13(19)9-5-10(14)7-11(15)6-9/h5-8H,3-4H2,1-2H3,(H,16,18)(H,17,19). The first-order valence-corrected chi connectivity index (χ1v) is 6.74. The van der Waals surface area contributed by atoms with Gasteiger partial charge in [0.05, 0.1) is 0 Å². The smallest absolute Gasteiger partial charge is 0.252 e. The molecule has 1 rings (SSSR count). The molecule has 1 unspecified atom stereocenters. The van der Waals surface area contributed by atoms with Gasteiger partial charge in [0, 0.05) is 22.2 Å². The van der Waals surface area contributed by atoms with Gasteiger partial charge in [-0.2, -0.15) is 0 Å². The summed E-state index contributed by atoms with van der Waals surface area (Å²) in [4.78, 5) is 23.6. The van der Waals surface area contributed by atoms with Crippen molar-refractivity contribution in [3.63, 3.8) is 0 Å². The summed E-state index contributed by atoms with van der Waals surface area (Å²) in [6, 6.07) is 3.92. The average molecular weight is 303 g/mol. The van der Waals surface area contributed by atoms with Crippen molar-refractivity contribution in [2.24, 2.45) is 0 Å². The number of benzene rings is 1. The van der Waals surface area contributed by atoms with Crippen molar-refractivity contribution in [1.29, 1.82) is 0 Å². The molecule has 104 valence electrons. The Morgan fingerprint density at radius 2 is 1.79 bits per heavy atom. The number of halogens is 2. The lowest BCUT2D eigenvalue weighted by molar-refractivity contribution is -0.122. The summed E-state index contributed by atoms with van der Waals surface area (Å²) in [6.07, 6.45) is 0.844. The van der Waals surface area contributed by atoms with Crippen LogP contribution in [0.4, 0.5) is 0 Å². The lowest BCUT2D eigenvalue weighted by Crippen LogP contribution is -2.45. The number of amides is 2. The van der Waals surface area contributed by atoms with Crippen molar-refractivity contribution in [3.8, 4) is 0 Å². The molecule has 1 aromatic carbocycles. The zero-order valence-electron chi connectivity index (χ0n) is 10.8. The van der Waals surface area contributed by atoms with Gasteiger partial charge < -0.3 is 10.6 Å². The van der Waals surface area contributed by atoms with E-state index >= 15 is 0 Å². The van der Waals surface area contributed by atoms with E-state index in [4.69, 9.17) is 23.2 Å². The molecule has 1 aromatic rings. The van der Waals surface area contributed by atoms with E-state index in [2.05, 4.69) is 10.6 Å². The fraction of sp³-hybridized carbons (Fsp3) is 0.385. The predicted octanol–water partition coefficient (Wildman–Crippen LogP) is 2.64. The van der Waals surface area contributed by atoms with Crippen LogP contribution in [-0.4, -0.2) is 24.4 Å². The second-order valence-corrected chi connectivity index (χ2v) is 5.02. The summed E-state index contributed by atoms with van der Waals surface area (Å²) in [5, 5.41) is 6.05. The van der Waals surface area contributed by atoms with Crippen molar-refractivity contribution in [3.05, 3.63) is 33.8 Å². The van der Waals surface area contributed by atoms with Crippen molar-refractivity contribution >= 4 is 35.0 Å². The Morgan fingerprint density at radius 3 is 2.32 bits per heavy atom. The van der Waals surface area contributed by atoms with Gasteiger partial charge >= 0.3 is 0 Å². The van der Waals surface area contributed by atoms with Gasteiger partial charge in [-0.15, -0.1) is 0 Å². The van der Waals surface area contributed by atoms with Crippen molar-refractivity contribution in [2.45, 2.75) is 26.3 Å². The van der Waals surface area contributed by atoms with Crippen LogP contribution >= 0.6 is 23.2 Å². The highest BCUT2D eigenvalue weighted by Crippen LogP contribution is 2.18. The van der Waals surface area contributed by atoms with Crippen LogP contribution in [0.25, 0.3) is 0 Å². The molecule has 0 aliphatic carbocycles. The van der Waals surface area contributed by atoms with Crippen LogP contribution in [0.5, 0.6) is 0 Å². The van der Waals surface area contributed by atoms with Gasteiger partial charge in [-0.3, -0.25) is 9.59 Å². The second kappa shape index (κ2) is 7.36. The van der Waals surface area contributed by atoms with E-state index in [1.165, 1.54) is 18.2 Å². The number of hydrogen-bond donors (Lipinski definition) is 2. The summed E-state index contributed by atoms with van der Waals surface area (Å²) in [7, 11) is 0. The first-order chi connectivity index (χ1) is 8.93. The summed E-state index contributed by atoms with van der Waals surface area (Å²) < 4.78 is 0. The van der Waals surface area contributed by atoms with E-state index in [1.807, 2.05) is 6.92 Å². The predicted molar refractivity (Wildman–Crippen MR) is 76.7 cm³/mol. The lowest BCUT2D eigenvalue weighted by atomic mass is 10.2. The third-order valence-corrected chi connectivity index (χ3v) is 2.85. The topological polar surface area (TPSA) is 58.2 Å². The Bertz CT molecular complexity index is 457. The Morgan fingerprint density at radius 1 is 1.21 bits per heavy atom. The van der Waals surface area contributed by atoms with Crippen LogP contribution in [0.3, 0.4) is 0 Å². The molecule has 0 saturated carbocycles. The summed E-state index contributed by atoms with van der Waals surface area (Å²) in [5.41, 5.74) is 0.327. The molecule has 0 bridgehead atoms. The third kappa shape index (κ3) is 5.09. The largest absolute Gasteiger partial charge is 0.354 e. The number of carbonyl (C=O) groups excluding carboxylic acids is 2. The maximum atomic E-state index is 11.9. The van der Waals surface area contributed by atoms with Crippen LogP contribution in [0, 0.1) is 0 Å². The zero-order valence-corrected chi connectivity index (χ0v) is 12.3. The number of hydrogen-bond acceptors (Lipinski definition) is 2. The van der Waals surface area contributed by atoms with Gasteiger partial charge in [-0.25, -0.2) is 0 Å². The average Bonchev–Trinajstić information content (AvgIpc) is 2.34. The zero-order chi connectivity index (χ0) is 14.4. The quantitative estimate of drug-likeness (QED) is 0.878. The maximum absolute atomic E-state index is 11.9. The van der Waals surface area contributed by atoms with E-state index in [1.54, 1.807) is 6.92 Å². The molecular formula is C13H16Cl2N2O2.